The largest absolute Gasteiger partial charge is 0.394 e. The topological polar surface area (TPSA) is 128 Å². The highest BCUT2D eigenvalue weighted by molar-refractivity contribution is 5.34. The molecule has 3 rings (SSSR count). The Labute approximate surface area is 106 Å². The smallest absolute Gasteiger partial charge is 0.357 e. The highest BCUT2D eigenvalue weighted by Crippen LogP contribution is 2.29. The third kappa shape index (κ3) is 1.87. The van der Waals surface area contributed by atoms with E-state index < -0.39 is 24.1 Å². The second kappa shape index (κ2) is 4.30. The van der Waals surface area contributed by atoms with Gasteiger partial charge in [0.2, 0.25) is 11.7 Å². The summed E-state index contributed by atoms with van der Waals surface area (Å²) in [4.78, 5) is 19.1. The first-order valence-corrected chi connectivity index (χ1v) is 5.77. The Kier molecular flexibility index (Phi) is 2.73. The van der Waals surface area contributed by atoms with Crippen LogP contribution < -0.4 is 11.4 Å². The molecule has 0 aliphatic carbocycles. The molecule has 9 nitrogen and oxygen atoms in total. The fourth-order valence-corrected chi connectivity index (χ4v) is 2.21. The summed E-state index contributed by atoms with van der Waals surface area (Å²) in [5, 5.41) is 18.8. The van der Waals surface area contributed by atoms with Gasteiger partial charge < -0.3 is 20.7 Å². The molecule has 0 spiro atoms. The first-order chi connectivity index (χ1) is 9.10. The summed E-state index contributed by atoms with van der Waals surface area (Å²) < 4.78 is 8.32. The maximum Gasteiger partial charge on any atom is 0.357 e. The van der Waals surface area contributed by atoms with Crippen LogP contribution in [-0.4, -0.2) is 48.0 Å². The zero-order valence-electron chi connectivity index (χ0n) is 9.88. The summed E-state index contributed by atoms with van der Waals surface area (Å²) in [6.07, 6.45) is 1.49. The van der Waals surface area contributed by atoms with Gasteiger partial charge in [0.1, 0.15) is 12.3 Å². The van der Waals surface area contributed by atoms with Crippen LogP contribution in [0.3, 0.4) is 0 Å². The first-order valence-electron chi connectivity index (χ1n) is 5.77. The molecule has 1 aliphatic rings. The van der Waals surface area contributed by atoms with Gasteiger partial charge in [-0.2, -0.15) is 9.97 Å². The quantitative estimate of drug-likeness (QED) is 0.580. The molecule has 0 amide bonds. The standard InChI is InChI=1S/C10H13N5O4/c11-8-12-9-14(1-2-15(9)10(18)13-8)7-3-5(17)6(4-16)19-7/h1-2,5-7,16-17H,3-4H2,(H2,11,13,18)/t5-,6+,7+/m1/s1. The number of nitrogens with zero attached hydrogens (tertiary/aromatic N) is 4. The Morgan fingerprint density at radius 1 is 1.47 bits per heavy atom. The molecule has 0 aromatic carbocycles. The number of rotatable bonds is 2. The Bertz CT molecular complexity index is 665. The van der Waals surface area contributed by atoms with E-state index in [4.69, 9.17) is 15.6 Å². The van der Waals surface area contributed by atoms with Crippen LogP contribution in [0.5, 0.6) is 0 Å². The normalized spacial score (nSPS) is 27.2. The van der Waals surface area contributed by atoms with Gasteiger partial charge in [0.15, 0.2) is 0 Å². The van der Waals surface area contributed by atoms with Gasteiger partial charge in [-0.15, -0.1) is 0 Å². The second-order valence-corrected chi connectivity index (χ2v) is 4.35. The fraction of sp³-hybridized carbons (Fsp3) is 0.500. The Balaban J connectivity index is 2.05. The number of hydrogen-bond donors (Lipinski definition) is 3. The van der Waals surface area contributed by atoms with Crippen LogP contribution in [0.1, 0.15) is 12.6 Å². The van der Waals surface area contributed by atoms with Crippen LogP contribution in [0.15, 0.2) is 17.2 Å². The van der Waals surface area contributed by atoms with E-state index in [9.17, 15) is 9.90 Å². The lowest BCUT2D eigenvalue weighted by Gasteiger charge is -2.13. The number of hydrogen-bond acceptors (Lipinski definition) is 7. The van der Waals surface area contributed by atoms with Crippen molar-refractivity contribution in [3.8, 4) is 0 Å². The number of anilines is 1. The van der Waals surface area contributed by atoms with Crippen LogP contribution in [0, 0.1) is 0 Å². The minimum absolute atomic E-state index is 0.123. The molecule has 1 fully saturated rings. The van der Waals surface area contributed by atoms with Gasteiger partial charge in [-0.25, -0.2) is 9.20 Å². The van der Waals surface area contributed by atoms with Crippen LogP contribution in [0.25, 0.3) is 5.78 Å². The molecule has 1 aliphatic heterocycles. The van der Waals surface area contributed by atoms with Crippen LogP contribution in [0.4, 0.5) is 5.95 Å². The van der Waals surface area contributed by atoms with E-state index in [2.05, 4.69) is 9.97 Å². The zero-order chi connectivity index (χ0) is 13.6. The molecule has 9 heteroatoms. The van der Waals surface area contributed by atoms with Crippen molar-refractivity contribution in [1.29, 1.82) is 0 Å². The number of aromatic nitrogens is 4. The Hall–Kier alpha value is -1.97. The molecule has 2 aromatic rings. The first kappa shape index (κ1) is 12.1. The SMILES string of the molecule is Nc1nc(=O)n2ccn([C@@H]3C[C@@H](O)[C@H](CO)O3)c2n1. The monoisotopic (exact) mass is 267 g/mol. The van der Waals surface area contributed by atoms with Crippen molar-refractivity contribution >= 4 is 11.7 Å². The number of imidazole rings is 1. The second-order valence-electron chi connectivity index (χ2n) is 4.35. The van der Waals surface area contributed by atoms with Gasteiger partial charge in [-0.05, 0) is 0 Å². The molecule has 4 N–H and O–H groups in total. The number of ether oxygens (including phenoxy) is 1. The molecule has 3 heterocycles. The summed E-state index contributed by atoms with van der Waals surface area (Å²) in [5.41, 5.74) is 4.92. The molecular weight excluding hydrogens is 254 g/mol. The van der Waals surface area contributed by atoms with Gasteiger partial charge in [-0.1, -0.05) is 0 Å². The predicted molar refractivity (Wildman–Crippen MR) is 63.3 cm³/mol. The number of aliphatic hydroxyl groups is 2. The van der Waals surface area contributed by atoms with E-state index in [1.807, 2.05) is 0 Å². The highest BCUT2D eigenvalue weighted by atomic mass is 16.5. The van der Waals surface area contributed by atoms with Crippen LogP contribution >= 0.6 is 0 Å². The van der Waals surface area contributed by atoms with Crippen molar-refractivity contribution in [2.24, 2.45) is 0 Å². The van der Waals surface area contributed by atoms with Gasteiger partial charge in [-0.3, -0.25) is 4.57 Å². The predicted octanol–water partition coefficient (Wildman–Crippen LogP) is -1.89. The maximum absolute atomic E-state index is 11.6. The molecular formula is C10H13N5O4. The van der Waals surface area contributed by atoms with E-state index >= 15 is 0 Å². The summed E-state index contributed by atoms with van der Waals surface area (Å²) in [6, 6.07) is 0. The Morgan fingerprint density at radius 3 is 2.95 bits per heavy atom. The average molecular weight is 267 g/mol. The highest BCUT2D eigenvalue weighted by Gasteiger charge is 2.35. The van der Waals surface area contributed by atoms with Gasteiger partial charge in [0.05, 0.1) is 12.7 Å². The van der Waals surface area contributed by atoms with Crippen LogP contribution in [-0.2, 0) is 4.74 Å². The van der Waals surface area contributed by atoms with Crippen molar-refractivity contribution in [1.82, 2.24) is 18.9 Å². The molecule has 3 atom stereocenters. The van der Waals surface area contributed by atoms with E-state index in [-0.39, 0.29) is 18.3 Å². The molecule has 19 heavy (non-hydrogen) atoms. The molecule has 102 valence electrons. The fourth-order valence-electron chi connectivity index (χ4n) is 2.21. The lowest BCUT2D eigenvalue weighted by Crippen LogP contribution is -2.24. The average Bonchev–Trinajstić information content (AvgIpc) is 2.92. The molecule has 0 saturated carbocycles. The molecule has 1 saturated heterocycles. The summed E-state index contributed by atoms with van der Waals surface area (Å²) >= 11 is 0. The summed E-state index contributed by atoms with van der Waals surface area (Å²) in [6.45, 7) is -0.270. The Morgan fingerprint density at radius 2 is 2.26 bits per heavy atom. The zero-order valence-corrected chi connectivity index (χ0v) is 9.88. The molecule has 0 bridgehead atoms. The van der Waals surface area contributed by atoms with Crippen molar-refractivity contribution < 1.29 is 14.9 Å². The molecule has 2 aromatic heterocycles. The number of nitrogens with two attached hydrogens (primary N) is 1. The third-order valence-electron chi connectivity index (χ3n) is 3.15. The minimum atomic E-state index is -0.761. The van der Waals surface area contributed by atoms with E-state index in [0.29, 0.717) is 6.42 Å². The number of nitrogen functional groups attached to an aromatic ring is 1. The van der Waals surface area contributed by atoms with Crippen molar-refractivity contribution in [2.75, 3.05) is 12.3 Å². The van der Waals surface area contributed by atoms with Gasteiger partial charge in [0, 0.05) is 18.8 Å². The summed E-state index contributed by atoms with van der Waals surface area (Å²) in [5.74, 6) is 0.162. The number of aliphatic hydroxyl groups excluding tert-OH is 2. The molecule has 0 radical (unpaired) electrons. The molecule has 0 unspecified atom stereocenters. The van der Waals surface area contributed by atoms with Crippen molar-refractivity contribution in [3.05, 3.63) is 22.9 Å². The third-order valence-corrected chi connectivity index (χ3v) is 3.15. The summed E-state index contributed by atoms with van der Waals surface area (Å²) in [7, 11) is 0. The van der Waals surface area contributed by atoms with E-state index in [0.717, 1.165) is 0 Å². The van der Waals surface area contributed by atoms with Crippen LogP contribution in [0.2, 0.25) is 0 Å². The lowest BCUT2D eigenvalue weighted by molar-refractivity contribution is -0.0432. The minimum Gasteiger partial charge on any atom is -0.394 e. The van der Waals surface area contributed by atoms with Crippen molar-refractivity contribution in [2.45, 2.75) is 24.9 Å². The van der Waals surface area contributed by atoms with Gasteiger partial charge in [0.25, 0.3) is 0 Å². The lowest BCUT2D eigenvalue weighted by atomic mass is 10.2. The van der Waals surface area contributed by atoms with Crippen molar-refractivity contribution in [3.63, 3.8) is 0 Å². The van der Waals surface area contributed by atoms with E-state index in [1.54, 1.807) is 10.8 Å². The number of fused-ring (bicyclic) bond motifs is 1. The van der Waals surface area contributed by atoms with Gasteiger partial charge >= 0.3 is 5.69 Å². The van der Waals surface area contributed by atoms with E-state index in [1.165, 1.54) is 10.6 Å². The maximum atomic E-state index is 11.6.